The third kappa shape index (κ3) is 9.78. The van der Waals surface area contributed by atoms with Crippen LogP contribution in [0.25, 0.3) is 0 Å². The molecule has 0 aliphatic heterocycles. The molecule has 0 aliphatic carbocycles. The third-order valence-corrected chi connectivity index (χ3v) is 4.74. The van der Waals surface area contributed by atoms with Crippen molar-refractivity contribution in [3.8, 4) is 12.3 Å². The summed E-state index contributed by atoms with van der Waals surface area (Å²) in [4.78, 5) is 0. The van der Waals surface area contributed by atoms with Crippen molar-refractivity contribution in [2.75, 3.05) is 0 Å². The highest BCUT2D eigenvalue weighted by molar-refractivity contribution is 5.28. The number of hydrogen-bond acceptors (Lipinski definition) is 1. The van der Waals surface area contributed by atoms with Crippen LogP contribution in [0.4, 0.5) is 0 Å². The maximum Gasteiger partial charge on any atom is 0.139 e. The topological polar surface area (TPSA) is 20.2 Å². The van der Waals surface area contributed by atoms with Crippen molar-refractivity contribution in [3.63, 3.8) is 0 Å². The molecule has 1 aromatic carbocycles. The standard InChI is InChI=1S/C23H36O/c1-3-5-6-7-8-9-10-11-12-13-14-15-17-21-18-16-19-22(20-21)23(24)4-2/h2,16,18-20,23-24H,3,5-15,17H2,1H3. The second-order valence-electron chi connectivity index (χ2n) is 6.95. The Labute approximate surface area is 149 Å². The maximum absolute atomic E-state index is 9.69. The second kappa shape index (κ2) is 14.1. The smallest absolute Gasteiger partial charge is 0.139 e. The van der Waals surface area contributed by atoms with E-state index >= 15 is 0 Å². The van der Waals surface area contributed by atoms with Crippen molar-refractivity contribution in [1.82, 2.24) is 0 Å². The summed E-state index contributed by atoms with van der Waals surface area (Å²) in [6.07, 6.45) is 22.1. The predicted octanol–water partition coefficient (Wildman–Crippen LogP) is 6.60. The molecule has 0 aliphatic rings. The van der Waals surface area contributed by atoms with E-state index in [1.807, 2.05) is 18.2 Å². The van der Waals surface area contributed by atoms with Crippen molar-refractivity contribution in [2.24, 2.45) is 0 Å². The van der Waals surface area contributed by atoms with E-state index in [0.717, 1.165) is 12.0 Å². The zero-order valence-electron chi connectivity index (χ0n) is 15.6. The first-order valence-electron chi connectivity index (χ1n) is 10.0. The first-order chi connectivity index (χ1) is 11.8. The Bertz CT molecular complexity index is 457. The number of rotatable bonds is 14. The van der Waals surface area contributed by atoms with Crippen LogP contribution in [-0.4, -0.2) is 5.11 Å². The molecule has 0 saturated carbocycles. The lowest BCUT2D eigenvalue weighted by Gasteiger charge is -2.07. The largest absolute Gasteiger partial charge is 0.376 e. The molecule has 0 spiro atoms. The van der Waals surface area contributed by atoms with Gasteiger partial charge in [-0.05, 0) is 24.0 Å². The van der Waals surface area contributed by atoms with Crippen LogP contribution in [0.15, 0.2) is 24.3 Å². The summed E-state index contributed by atoms with van der Waals surface area (Å²) in [5, 5.41) is 9.69. The van der Waals surface area contributed by atoms with Gasteiger partial charge in [0.05, 0.1) is 0 Å². The molecular weight excluding hydrogens is 292 g/mol. The van der Waals surface area contributed by atoms with Crippen LogP contribution in [0, 0.1) is 12.3 Å². The van der Waals surface area contributed by atoms with Crippen LogP contribution in [0.3, 0.4) is 0 Å². The molecule has 1 atom stereocenters. The third-order valence-electron chi connectivity index (χ3n) is 4.74. The van der Waals surface area contributed by atoms with Crippen LogP contribution in [0.2, 0.25) is 0 Å². The Balaban J connectivity index is 1.98. The molecule has 1 nitrogen and oxygen atoms in total. The number of unbranched alkanes of at least 4 members (excludes halogenated alkanes) is 11. The predicted molar refractivity (Wildman–Crippen MR) is 105 cm³/mol. The fourth-order valence-electron chi connectivity index (χ4n) is 3.19. The number of aliphatic hydroxyl groups is 1. The molecule has 0 amide bonds. The van der Waals surface area contributed by atoms with Gasteiger partial charge in [0.15, 0.2) is 0 Å². The molecule has 1 aromatic rings. The molecule has 0 bridgehead atoms. The highest BCUT2D eigenvalue weighted by Gasteiger charge is 2.03. The monoisotopic (exact) mass is 328 g/mol. The van der Waals surface area contributed by atoms with Gasteiger partial charge in [-0.25, -0.2) is 0 Å². The van der Waals surface area contributed by atoms with Gasteiger partial charge in [0.25, 0.3) is 0 Å². The van der Waals surface area contributed by atoms with Gasteiger partial charge in [0.1, 0.15) is 6.10 Å². The minimum absolute atomic E-state index is 0.771. The number of benzene rings is 1. The number of terminal acetylenes is 1. The van der Waals surface area contributed by atoms with Crippen LogP contribution < -0.4 is 0 Å². The lowest BCUT2D eigenvalue weighted by Crippen LogP contribution is -1.95. The van der Waals surface area contributed by atoms with E-state index in [9.17, 15) is 5.11 Å². The van der Waals surface area contributed by atoms with Crippen LogP contribution in [0.1, 0.15) is 101 Å². The van der Waals surface area contributed by atoms with E-state index in [0.29, 0.717) is 0 Å². The average molecular weight is 329 g/mol. The van der Waals surface area contributed by atoms with Gasteiger partial charge in [-0.3, -0.25) is 0 Å². The van der Waals surface area contributed by atoms with Gasteiger partial charge < -0.3 is 5.11 Å². The van der Waals surface area contributed by atoms with Crippen LogP contribution in [-0.2, 0) is 6.42 Å². The zero-order valence-corrected chi connectivity index (χ0v) is 15.6. The van der Waals surface area contributed by atoms with E-state index in [4.69, 9.17) is 6.42 Å². The molecule has 0 aromatic heterocycles. The Kier molecular flexibility index (Phi) is 12.2. The van der Waals surface area contributed by atoms with Crippen molar-refractivity contribution in [1.29, 1.82) is 0 Å². The van der Waals surface area contributed by atoms with E-state index in [2.05, 4.69) is 18.9 Å². The van der Waals surface area contributed by atoms with Gasteiger partial charge in [0, 0.05) is 0 Å². The van der Waals surface area contributed by atoms with Gasteiger partial charge in [-0.15, -0.1) is 6.42 Å². The summed E-state index contributed by atoms with van der Waals surface area (Å²) in [5.41, 5.74) is 2.13. The lowest BCUT2D eigenvalue weighted by molar-refractivity contribution is 0.238. The normalized spacial score (nSPS) is 12.0. The zero-order chi connectivity index (χ0) is 17.5. The minimum atomic E-state index is -0.771. The van der Waals surface area contributed by atoms with Crippen molar-refractivity contribution in [2.45, 2.75) is 96.5 Å². The van der Waals surface area contributed by atoms with Gasteiger partial charge in [-0.2, -0.15) is 0 Å². The Morgan fingerprint density at radius 2 is 1.42 bits per heavy atom. The van der Waals surface area contributed by atoms with Crippen molar-refractivity contribution < 1.29 is 5.11 Å². The SMILES string of the molecule is C#CC(O)c1cccc(CCCCCCCCCCCCCC)c1. The summed E-state index contributed by atoms with van der Waals surface area (Å²) in [6.45, 7) is 2.28. The molecule has 24 heavy (non-hydrogen) atoms. The molecule has 1 unspecified atom stereocenters. The van der Waals surface area contributed by atoms with Crippen LogP contribution >= 0.6 is 0 Å². The molecular formula is C23H36O. The quantitative estimate of drug-likeness (QED) is 0.301. The molecule has 1 heteroatoms. The van der Waals surface area contributed by atoms with Gasteiger partial charge in [-0.1, -0.05) is 108 Å². The van der Waals surface area contributed by atoms with E-state index in [-0.39, 0.29) is 0 Å². The Hall–Kier alpha value is -1.26. The summed E-state index contributed by atoms with van der Waals surface area (Å²) in [6, 6.07) is 8.07. The molecule has 0 heterocycles. The second-order valence-corrected chi connectivity index (χ2v) is 6.95. The van der Waals surface area contributed by atoms with Crippen LogP contribution in [0.5, 0.6) is 0 Å². The van der Waals surface area contributed by atoms with E-state index < -0.39 is 6.10 Å². The fraction of sp³-hybridized carbons (Fsp3) is 0.652. The van der Waals surface area contributed by atoms with Crippen molar-refractivity contribution in [3.05, 3.63) is 35.4 Å². The number of aliphatic hydroxyl groups excluding tert-OH is 1. The Morgan fingerprint density at radius 3 is 1.96 bits per heavy atom. The number of aryl methyl sites for hydroxylation is 1. The highest BCUT2D eigenvalue weighted by atomic mass is 16.3. The first kappa shape index (κ1) is 20.8. The fourth-order valence-corrected chi connectivity index (χ4v) is 3.19. The molecule has 134 valence electrons. The first-order valence-corrected chi connectivity index (χ1v) is 10.0. The molecule has 0 radical (unpaired) electrons. The molecule has 0 saturated heterocycles. The minimum Gasteiger partial charge on any atom is -0.376 e. The van der Waals surface area contributed by atoms with E-state index in [1.165, 1.54) is 82.6 Å². The van der Waals surface area contributed by atoms with Gasteiger partial charge in [0.2, 0.25) is 0 Å². The summed E-state index contributed by atoms with van der Waals surface area (Å²) >= 11 is 0. The number of hydrogen-bond donors (Lipinski definition) is 1. The highest BCUT2D eigenvalue weighted by Crippen LogP contribution is 2.16. The maximum atomic E-state index is 9.69. The summed E-state index contributed by atoms with van der Waals surface area (Å²) < 4.78 is 0. The Morgan fingerprint density at radius 1 is 0.875 bits per heavy atom. The molecule has 0 fully saturated rings. The molecule has 1 N–H and O–H groups in total. The van der Waals surface area contributed by atoms with E-state index in [1.54, 1.807) is 0 Å². The summed E-state index contributed by atoms with van der Waals surface area (Å²) in [5.74, 6) is 2.38. The lowest BCUT2D eigenvalue weighted by atomic mass is 10.0. The average Bonchev–Trinajstić information content (AvgIpc) is 2.62. The summed E-state index contributed by atoms with van der Waals surface area (Å²) in [7, 11) is 0. The van der Waals surface area contributed by atoms with Crippen molar-refractivity contribution >= 4 is 0 Å². The van der Waals surface area contributed by atoms with Gasteiger partial charge >= 0.3 is 0 Å². The molecule has 1 rings (SSSR count).